The number of halogens is 17. The summed E-state index contributed by atoms with van der Waals surface area (Å²) < 4.78 is 223. The van der Waals surface area contributed by atoms with Crippen LogP contribution in [-0.4, -0.2) is 146 Å². The number of carboxylic acids is 1. The van der Waals surface area contributed by atoms with Gasteiger partial charge in [0.25, 0.3) is 0 Å². The second-order valence-electron chi connectivity index (χ2n) is 7.10. The molecular formula is C14H12F17KNO3. The molecule has 0 aliphatic heterocycles. The first-order chi connectivity index (χ1) is 15.0. The smallest absolute Gasteiger partial charge is 0.460 e. The van der Waals surface area contributed by atoms with Gasteiger partial charge in [-0.3, -0.25) is 9.69 Å². The van der Waals surface area contributed by atoms with Gasteiger partial charge in [-0.1, -0.05) is 0 Å². The Morgan fingerprint density at radius 1 is 0.667 bits per heavy atom. The average Bonchev–Trinajstić information content (AvgIpc) is 2.57. The van der Waals surface area contributed by atoms with Crippen LogP contribution in [0, 0.1) is 0 Å². The molecule has 0 aromatic rings. The molecule has 1 atom stereocenters. The van der Waals surface area contributed by atoms with Gasteiger partial charge in [0.1, 0.15) is 0 Å². The van der Waals surface area contributed by atoms with E-state index in [0.29, 0.717) is 11.9 Å². The fourth-order valence-electron chi connectivity index (χ4n) is 2.34. The Bertz CT molecular complexity index is 770. The number of carbonyl (C=O) groups is 1. The molecule has 0 saturated heterocycles. The number of alkyl halides is 17. The van der Waals surface area contributed by atoms with Gasteiger partial charge in [0, 0.05) is 64.4 Å². The minimum Gasteiger partial charge on any atom is -0.480 e. The number of likely N-dealkylation sites (N-methyl/N-ethyl adjacent to an activating group) is 1. The summed E-state index contributed by atoms with van der Waals surface area (Å²) in [6, 6.07) is 0. The van der Waals surface area contributed by atoms with Crippen LogP contribution in [0.1, 0.15) is 6.42 Å². The second kappa shape index (κ2) is 11.1. The molecule has 36 heavy (non-hydrogen) atoms. The van der Waals surface area contributed by atoms with Crippen LogP contribution in [0.2, 0.25) is 0 Å². The van der Waals surface area contributed by atoms with Crippen LogP contribution < -0.4 is 0 Å². The Hall–Kier alpha value is -0.164. The molecule has 0 heterocycles. The van der Waals surface area contributed by atoms with Gasteiger partial charge >= 0.3 is 53.6 Å². The standard InChI is InChI=1S/C14H12F17NO3.K/c1-32(4-6(34)35)3-5(33)2-7(15,16)8(17,18)9(19,20)10(21,22)11(23,24)12(25,26)13(27,28)14(29,30)31;/h5,33H,2-4H2,1H3,(H,34,35);. The summed E-state index contributed by atoms with van der Waals surface area (Å²) in [5.74, 6) is -59.0. The predicted octanol–water partition coefficient (Wildman–Crippen LogP) is 4.38. The summed E-state index contributed by atoms with van der Waals surface area (Å²) in [6.07, 6.45) is -13.9. The SMILES string of the molecule is CN(CC(=O)O)CC(O)CC(F)(F)C(F)(F)C(F)(F)C(F)(F)C(F)(F)C(F)(F)C(F)(F)C(F)(F)F.[K]. The molecule has 22 heteroatoms. The van der Waals surface area contributed by atoms with Crippen molar-refractivity contribution >= 4 is 57.4 Å². The van der Waals surface area contributed by atoms with Crippen LogP contribution in [0.4, 0.5) is 74.6 Å². The van der Waals surface area contributed by atoms with E-state index in [-0.39, 0.29) is 51.4 Å². The largest absolute Gasteiger partial charge is 0.480 e. The maximum Gasteiger partial charge on any atom is 0.460 e. The summed E-state index contributed by atoms with van der Waals surface area (Å²) in [4.78, 5) is 10.7. The van der Waals surface area contributed by atoms with Crippen molar-refractivity contribution in [3.05, 3.63) is 0 Å². The van der Waals surface area contributed by atoms with Crippen molar-refractivity contribution < 1.29 is 89.6 Å². The predicted molar refractivity (Wildman–Crippen MR) is 82.2 cm³/mol. The van der Waals surface area contributed by atoms with Crippen LogP contribution in [0.3, 0.4) is 0 Å². The summed E-state index contributed by atoms with van der Waals surface area (Å²) in [5.41, 5.74) is 0. The zero-order valence-electron chi connectivity index (χ0n) is 17.4. The van der Waals surface area contributed by atoms with Crippen LogP contribution in [0.15, 0.2) is 0 Å². The minimum atomic E-state index is -8.72. The third-order valence-corrected chi connectivity index (χ3v) is 4.21. The van der Waals surface area contributed by atoms with Crippen molar-refractivity contribution in [2.75, 3.05) is 20.1 Å². The molecule has 4 nitrogen and oxygen atoms in total. The van der Waals surface area contributed by atoms with Gasteiger partial charge < -0.3 is 10.2 Å². The number of hydrogen-bond acceptors (Lipinski definition) is 3. The van der Waals surface area contributed by atoms with E-state index in [1.54, 1.807) is 0 Å². The van der Waals surface area contributed by atoms with Gasteiger partial charge in [0.15, 0.2) is 0 Å². The van der Waals surface area contributed by atoms with E-state index in [4.69, 9.17) is 5.11 Å². The zero-order valence-corrected chi connectivity index (χ0v) is 20.5. The van der Waals surface area contributed by atoms with Crippen LogP contribution >= 0.6 is 0 Å². The fourth-order valence-corrected chi connectivity index (χ4v) is 2.34. The van der Waals surface area contributed by atoms with Crippen molar-refractivity contribution in [1.29, 1.82) is 0 Å². The molecule has 211 valence electrons. The molecule has 0 rings (SSSR count). The van der Waals surface area contributed by atoms with Crippen molar-refractivity contribution in [2.24, 2.45) is 0 Å². The Morgan fingerprint density at radius 3 is 1.28 bits per heavy atom. The average molecular weight is 604 g/mol. The molecular weight excluding hydrogens is 592 g/mol. The molecule has 0 aliphatic carbocycles. The first kappa shape index (κ1) is 38.0. The molecule has 0 bridgehead atoms. The molecule has 0 amide bonds. The molecule has 0 aromatic heterocycles. The quantitative estimate of drug-likeness (QED) is 0.257. The van der Waals surface area contributed by atoms with E-state index in [0.717, 1.165) is 0 Å². The number of aliphatic hydroxyl groups is 1. The number of nitrogens with zero attached hydrogens (tertiary/aromatic N) is 1. The summed E-state index contributed by atoms with van der Waals surface area (Å²) in [5, 5.41) is 17.6. The fraction of sp³-hybridized carbons (Fsp3) is 0.929. The van der Waals surface area contributed by atoms with Gasteiger partial charge in [-0.05, 0) is 7.05 Å². The van der Waals surface area contributed by atoms with E-state index < -0.39 is 79.2 Å². The maximum absolute atomic E-state index is 13.7. The molecule has 1 radical (unpaired) electrons. The summed E-state index contributed by atoms with van der Waals surface area (Å²) in [7, 11) is 0.708. The van der Waals surface area contributed by atoms with Crippen LogP contribution in [-0.2, 0) is 4.79 Å². The number of aliphatic hydroxyl groups excluding tert-OH is 1. The van der Waals surface area contributed by atoms with Gasteiger partial charge in [-0.15, -0.1) is 0 Å². The van der Waals surface area contributed by atoms with Crippen molar-refractivity contribution in [3.63, 3.8) is 0 Å². The third-order valence-electron chi connectivity index (χ3n) is 4.21. The maximum atomic E-state index is 13.7. The molecule has 0 aliphatic rings. The zero-order chi connectivity index (χ0) is 28.9. The number of hydrogen-bond donors (Lipinski definition) is 2. The van der Waals surface area contributed by atoms with Crippen molar-refractivity contribution in [1.82, 2.24) is 4.90 Å². The molecule has 2 N–H and O–H groups in total. The van der Waals surface area contributed by atoms with E-state index in [9.17, 15) is 84.5 Å². The Labute approximate surface area is 231 Å². The molecule has 0 fully saturated rings. The van der Waals surface area contributed by atoms with E-state index in [1.165, 1.54) is 0 Å². The first-order valence-electron chi connectivity index (χ1n) is 8.25. The summed E-state index contributed by atoms with van der Waals surface area (Å²) >= 11 is 0. The molecule has 0 spiro atoms. The number of aliphatic carboxylic acids is 1. The van der Waals surface area contributed by atoms with E-state index in [2.05, 4.69) is 0 Å². The second-order valence-corrected chi connectivity index (χ2v) is 7.10. The Kier molecular flexibility index (Phi) is 11.8. The van der Waals surface area contributed by atoms with E-state index >= 15 is 0 Å². The molecule has 1 unspecified atom stereocenters. The Morgan fingerprint density at radius 2 is 0.972 bits per heavy atom. The first-order valence-corrected chi connectivity index (χ1v) is 8.25. The molecule has 0 saturated carbocycles. The van der Waals surface area contributed by atoms with Gasteiger partial charge in [0.2, 0.25) is 0 Å². The van der Waals surface area contributed by atoms with E-state index in [1.807, 2.05) is 0 Å². The van der Waals surface area contributed by atoms with Crippen LogP contribution in [0.25, 0.3) is 0 Å². The number of carboxylic acid groups (broad SMARTS) is 1. The molecule has 0 aromatic carbocycles. The third kappa shape index (κ3) is 6.34. The van der Waals surface area contributed by atoms with Gasteiger partial charge in [-0.2, -0.15) is 74.6 Å². The van der Waals surface area contributed by atoms with Crippen LogP contribution in [0.5, 0.6) is 0 Å². The van der Waals surface area contributed by atoms with Gasteiger partial charge in [0.05, 0.1) is 12.6 Å². The monoisotopic (exact) mass is 604 g/mol. The summed E-state index contributed by atoms with van der Waals surface area (Å²) in [6.45, 7) is -2.49. The normalized spacial score (nSPS) is 16.1. The Balaban J connectivity index is 0. The van der Waals surface area contributed by atoms with Crippen molar-refractivity contribution in [3.8, 4) is 0 Å². The minimum absolute atomic E-state index is 0. The number of rotatable bonds is 12. The van der Waals surface area contributed by atoms with Crippen molar-refractivity contribution in [2.45, 2.75) is 60.2 Å². The topological polar surface area (TPSA) is 60.8 Å². The van der Waals surface area contributed by atoms with Gasteiger partial charge in [-0.25, -0.2) is 0 Å².